The van der Waals surface area contributed by atoms with Gasteiger partial charge in [-0.15, -0.1) is 0 Å². The van der Waals surface area contributed by atoms with Crippen LogP contribution in [-0.2, 0) is 0 Å². The summed E-state index contributed by atoms with van der Waals surface area (Å²) in [4.78, 5) is 22.8. The number of halogens is 3. The number of benzene rings is 2. The highest BCUT2D eigenvalue weighted by Gasteiger charge is 2.49. The SMILES string of the molecule is COc1ccc(C(=O)NC(c2ccc(Cl)cc2)C(Cl)(Cl)[N+](=O)[O-])cc1. The molecule has 1 amide bonds. The molecule has 6 nitrogen and oxygen atoms in total. The minimum absolute atomic E-state index is 0.271. The molecular formula is C16H13Cl3N2O4. The molecule has 0 spiro atoms. The Morgan fingerprint density at radius 2 is 1.72 bits per heavy atom. The van der Waals surface area contributed by atoms with Gasteiger partial charge >= 0.3 is 4.46 Å². The molecule has 132 valence electrons. The highest BCUT2D eigenvalue weighted by atomic mass is 35.5. The van der Waals surface area contributed by atoms with Gasteiger partial charge in [0.1, 0.15) is 5.75 Å². The molecular weight excluding hydrogens is 391 g/mol. The second-order valence-electron chi connectivity index (χ2n) is 5.03. The predicted octanol–water partition coefficient (Wildman–Crippen LogP) is 4.23. The summed E-state index contributed by atoms with van der Waals surface area (Å²) in [5.74, 6) is -0.00439. The summed E-state index contributed by atoms with van der Waals surface area (Å²) < 4.78 is 2.56. The van der Waals surface area contributed by atoms with Crippen molar-refractivity contribution in [2.75, 3.05) is 7.11 Å². The van der Waals surface area contributed by atoms with E-state index in [1.54, 1.807) is 12.1 Å². The normalized spacial score (nSPS) is 12.3. The molecule has 0 aromatic heterocycles. The van der Waals surface area contributed by atoms with Gasteiger partial charge in [0.2, 0.25) is 0 Å². The fourth-order valence-electron chi connectivity index (χ4n) is 2.09. The third-order valence-corrected chi connectivity index (χ3v) is 4.39. The van der Waals surface area contributed by atoms with Crippen molar-refractivity contribution in [2.24, 2.45) is 0 Å². The minimum Gasteiger partial charge on any atom is -0.497 e. The first-order valence-electron chi connectivity index (χ1n) is 6.98. The number of methoxy groups -OCH3 is 1. The number of nitro groups is 1. The predicted molar refractivity (Wildman–Crippen MR) is 96.1 cm³/mol. The highest BCUT2D eigenvalue weighted by molar-refractivity contribution is 6.47. The zero-order chi connectivity index (χ0) is 18.6. The molecule has 0 aliphatic heterocycles. The maximum Gasteiger partial charge on any atom is 0.394 e. The van der Waals surface area contributed by atoms with E-state index in [2.05, 4.69) is 5.32 Å². The fraction of sp³-hybridized carbons (Fsp3) is 0.188. The van der Waals surface area contributed by atoms with Gasteiger partial charge in [-0.2, -0.15) is 0 Å². The van der Waals surface area contributed by atoms with Crippen molar-refractivity contribution in [1.29, 1.82) is 0 Å². The Kier molecular flexibility index (Phi) is 6.11. The number of rotatable bonds is 6. The molecule has 1 atom stereocenters. The van der Waals surface area contributed by atoms with E-state index in [9.17, 15) is 14.9 Å². The molecule has 0 heterocycles. The standard InChI is InChI=1S/C16H13Cl3N2O4/c1-25-13-8-4-11(5-9-13)15(22)20-14(16(18,19)21(23)24)10-2-6-12(17)7-3-10/h2-9,14H,1H3,(H,20,22). The highest BCUT2D eigenvalue weighted by Crippen LogP contribution is 2.37. The van der Waals surface area contributed by atoms with E-state index in [0.717, 1.165) is 0 Å². The van der Waals surface area contributed by atoms with Crippen molar-refractivity contribution in [3.05, 3.63) is 74.8 Å². The molecule has 25 heavy (non-hydrogen) atoms. The average Bonchev–Trinajstić information content (AvgIpc) is 2.60. The minimum atomic E-state index is -2.46. The number of nitrogens with one attached hydrogen (secondary N) is 1. The van der Waals surface area contributed by atoms with E-state index >= 15 is 0 Å². The van der Waals surface area contributed by atoms with Crippen molar-refractivity contribution in [3.8, 4) is 5.75 Å². The molecule has 0 saturated carbocycles. The fourth-order valence-corrected chi connectivity index (χ4v) is 2.58. The molecule has 9 heteroatoms. The monoisotopic (exact) mass is 402 g/mol. The van der Waals surface area contributed by atoms with Crippen molar-refractivity contribution in [1.82, 2.24) is 5.32 Å². The van der Waals surface area contributed by atoms with Crippen LogP contribution in [0.15, 0.2) is 48.5 Å². The summed E-state index contributed by atoms with van der Waals surface area (Å²) in [6.45, 7) is 0. The summed E-state index contributed by atoms with van der Waals surface area (Å²) in [6.07, 6.45) is 0. The lowest BCUT2D eigenvalue weighted by molar-refractivity contribution is -0.521. The Labute approximate surface area is 158 Å². The van der Waals surface area contributed by atoms with E-state index in [4.69, 9.17) is 39.5 Å². The van der Waals surface area contributed by atoms with Crippen LogP contribution in [0.3, 0.4) is 0 Å². The van der Waals surface area contributed by atoms with Gasteiger partial charge in [-0.3, -0.25) is 14.9 Å². The first-order valence-corrected chi connectivity index (χ1v) is 8.11. The van der Waals surface area contributed by atoms with Crippen molar-refractivity contribution < 1.29 is 14.5 Å². The number of carbonyl (C=O) groups excluding carboxylic acids is 1. The van der Waals surface area contributed by atoms with Crippen molar-refractivity contribution in [2.45, 2.75) is 10.5 Å². The van der Waals surface area contributed by atoms with Crippen LogP contribution in [0.1, 0.15) is 22.0 Å². The maximum absolute atomic E-state index is 12.4. The van der Waals surface area contributed by atoms with Gasteiger partial charge in [0.25, 0.3) is 5.91 Å². The van der Waals surface area contributed by atoms with Crippen LogP contribution in [0.25, 0.3) is 0 Å². The van der Waals surface area contributed by atoms with Gasteiger partial charge in [0, 0.05) is 10.6 Å². The smallest absolute Gasteiger partial charge is 0.394 e. The first-order chi connectivity index (χ1) is 11.8. The Morgan fingerprint density at radius 3 is 2.20 bits per heavy atom. The van der Waals surface area contributed by atoms with Gasteiger partial charge in [-0.05, 0) is 65.2 Å². The van der Waals surface area contributed by atoms with Gasteiger partial charge in [-0.25, -0.2) is 0 Å². The van der Waals surface area contributed by atoms with Crippen LogP contribution in [0.5, 0.6) is 5.75 Å². The summed E-state index contributed by atoms with van der Waals surface area (Å²) in [7, 11) is 1.50. The molecule has 2 aromatic rings. The number of nitrogens with zero attached hydrogens (tertiary/aromatic N) is 1. The van der Waals surface area contributed by atoms with Gasteiger partial charge < -0.3 is 10.1 Å². The quantitative estimate of drug-likeness (QED) is 0.339. The van der Waals surface area contributed by atoms with E-state index in [-0.39, 0.29) is 5.56 Å². The molecule has 0 saturated heterocycles. The molecule has 2 rings (SSSR count). The number of amides is 1. The zero-order valence-corrected chi connectivity index (χ0v) is 15.2. The van der Waals surface area contributed by atoms with Crippen LogP contribution in [-0.4, -0.2) is 22.4 Å². The summed E-state index contributed by atoms with van der Waals surface area (Å²) in [5.41, 5.74) is 0.611. The molecule has 0 fully saturated rings. The van der Waals surface area contributed by atoms with E-state index in [1.165, 1.54) is 43.5 Å². The van der Waals surface area contributed by atoms with E-state index in [1.807, 2.05) is 0 Å². The number of hydrogen-bond donors (Lipinski definition) is 1. The summed E-state index contributed by atoms with van der Waals surface area (Å²) in [6, 6.07) is 11.0. The van der Waals surface area contributed by atoms with Crippen LogP contribution >= 0.6 is 34.8 Å². The van der Waals surface area contributed by atoms with E-state index < -0.39 is 21.3 Å². The number of ether oxygens (including phenoxy) is 1. The molecule has 0 radical (unpaired) electrons. The largest absolute Gasteiger partial charge is 0.497 e. The Balaban J connectivity index is 2.33. The Bertz CT molecular complexity index is 764. The lowest BCUT2D eigenvalue weighted by atomic mass is 10.1. The van der Waals surface area contributed by atoms with Gasteiger partial charge in [-0.1, -0.05) is 23.7 Å². The maximum atomic E-state index is 12.4. The lowest BCUT2D eigenvalue weighted by Gasteiger charge is -2.24. The van der Waals surface area contributed by atoms with Crippen molar-refractivity contribution in [3.63, 3.8) is 0 Å². The van der Waals surface area contributed by atoms with Crippen LogP contribution in [0.2, 0.25) is 5.02 Å². The van der Waals surface area contributed by atoms with Crippen LogP contribution in [0.4, 0.5) is 0 Å². The lowest BCUT2D eigenvalue weighted by Crippen LogP contribution is -2.43. The number of carbonyl (C=O) groups is 1. The van der Waals surface area contributed by atoms with Gasteiger partial charge in [0.15, 0.2) is 6.04 Å². The first kappa shape index (κ1) is 19.3. The molecule has 0 aliphatic rings. The third-order valence-electron chi connectivity index (χ3n) is 3.42. The van der Waals surface area contributed by atoms with Crippen molar-refractivity contribution >= 4 is 40.7 Å². The summed E-state index contributed by atoms with van der Waals surface area (Å²) >= 11 is 17.6. The number of alkyl halides is 2. The van der Waals surface area contributed by atoms with Crippen LogP contribution in [0, 0.1) is 10.1 Å². The Morgan fingerprint density at radius 1 is 1.16 bits per heavy atom. The summed E-state index contributed by atoms with van der Waals surface area (Å²) in [5, 5.41) is 14.2. The second kappa shape index (κ2) is 7.91. The second-order valence-corrected chi connectivity index (χ2v) is 6.81. The molecule has 1 N–H and O–H groups in total. The van der Waals surface area contributed by atoms with Gasteiger partial charge in [0.05, 0.1) is 12.0 Å². The molecule has 2 aromatic carbocycles. The zero-order valence-electron chi connectivity index (χ0n) is 12.9. The van der Waals surface area contributed by atoms with Crippen LogP contribution < -0.4 is 10.1 Å². The van der Waals surface area contributed by atoms with E-state index in [0.29, 0.717) is 16.3 Å². The number of hydrogen-bond acceptors (Lipinski definition) is 4. The molecule has 1 unspecified atom stereocenters. The third kappa shape index (κ3) is 4.54. The average molecular weight is 404 g/mol. The topological polar surface area (TPSA) is 81.5 Å². The molecule has 0 aliphatic carbocycles. The Hall–Kier alpha value is -2.02. The molecule has 0 bridgehead atoms.